The Kier molecular flexibility index (Phi) is 4.34. The second kappa shape index (κ2) is 5.73. The van der Waals surface area contributed by atoms with E-state index >= 15 is 0 Å². The highest BCUT2D eigenvalue weighted by atomic mass is 35.5. The van der Waals surface area contributed by atoms with E-state index in [9.17, 15) is 13.2 Å². The Labute approximate surface area is 128 Å². The SMILES string of the molecule is COc1cc(N)c(Cl)cc1C(=O)N(C)C1CCS(=O)(=O)C1. The summed E-state index contributed by atoms with van der Waals surface area (Å²) in [5.74, 6) is 0.0697. The summed E-state index contributed by atoms with van der Waals surface area (Å²) in [5, 5.41) is 0.256. The number of carbonyl (C=O) groups excluding carboxylic acids is 1. The van der Waals surface area contributed by atoms with Gasteiger partial charge in [0.25, 0.3) is 5.91 Å². The van der Waals surface area contributed by atoms with Crippen molar-refractivity contribution in [2.45, 2.75) is 12.5 Å². The molecule has 1 aromatic carbocycles. The summed E-state index contributed by atoms with van der Waals surface area (Å²) in [6.07, 6.45) is 0.440. The van der Waals surface area contributed by atoms with Gasteiger partial charge in [-0.3, -0.25) is 4.79 Å². The van der Waals surface area contributed by atoms with Crippen LogP contribution >= 0.6 is 11.6 Å². The van der Waals surface area contributed by atoms with Gasteiger partial charge in [0.05, 0.1) is 34.9 Å². The molecule has 0 bridgehead atoms. The Morgan fingerprint density at radius 1 is 1.48 bits per heavy atom. The molecule has 1 amide bonds. The molecule has 0 aromatic heterocycles. The third-order valence-electron chi connectivity index (χ3n) is 3.63. The average Bonchev–Trinajstić information content (AvgIpc) is 2.80. The van der Waals surface area contributed by atoms with Crippen molar-refractivity contribution in [1.82, 2.24) is 4.90 Å². The molecule has 1 aliphatic rings. The van der Waals surface area contributed by atoms with Crippen LogP contribution in [0.4, 0.5) is 5.69 Å². The lowest BCUT2D eigenvalue weighted by atomic mass is 10.1. The molecule has 2 rings (SSSR count). The second-order valence-corrected chi connectivity index (χ2v) is 7.68. The minimum absolute atomic E-state index is 0.0136. The smallest absolute Gasteiger partial charge is 0.257 e. The van der Waals surface area contributed by atoms with Crippen LogP contribution in [-0.4, -0.2) is 50.9 Å². The number of amides is 1. The van der Waals surface area contributed by atoms with E-state index in [0.29, 0.717) is 17.9 Å². The largest absolute Gasteiger partial charge is 0.496 e. The Balaban J connectivity index is 2.30. The molecule has 116 valence electrons. The molecule has 2 N–H and O–H groups in total. The van der Waals surface area contributed by atoms with E-state index in [1.54, 1.807) is 7.05 Å². The molecule has 0 saturated carbocycles. The molecule has 0 aliphatic carbocycles. The van der Waals surface area contributed by atoms with Gasteiger partial charge in [0.15, 0.2) is 9.84 Å². The number of hydrogen-bond acceptors (Lipinski definition) is 5. The summed E-state index contributed by atoms with van der Waals surface area (Å²) in [7, 11) is -0.0470. The molecule has 0 spiro atoms. The Morgan fingerprint density at radius 3 is 2.67 bits per heavy atom. The molecule has 0 radical (unpaired) electrons. The van der Waals surface area contributed by atoms with E-state index in [1.807, 2.05) is 0 Å². The van der Waals surface area contributed by atoms with Gasteiger partial charge in [0, 0.05) is 19.2 Å². The number of nitrogens with two attached hydrogens (primary N) is 1. The first-order chi connectivity index (χ1) is 9.75. The second-order valence-electron chi connectivity index (χ2n) is 5.05. The predicted molar refractivity (Wildman–Crippen MR) is 81.6 cm³/mol. The van der Waals surface area contributed by atoms with E-state index in [0.717, 1.165) is 0 Å². The molecular formula is C13H17ClN2O4S. The molecule has 8 heteroatoms. The average molecular weight is 333 g/mol. The van der Waals surface area contributed by atoms with E-state index in [4.69, 9.17) is 22.1 Å². The molecule has 1 atom stereocenters. The van der Waals surface area contributed by atoms with Gasteiger partial charge in [-0.2, -0.15) is 0 Å². The first kappa shape index (κ1) is 15.9. The van der Waals surface area contributed by atoms with Crippen LogP contribution in [0.1, 0.15) is 16.8 Å². The number of rotatable bonds is 3. The number of nitrogen functional groups attached to an aromatic ring is 1. The van der Waals surface area contributed by atoms with Crippen LogP contribution in [0, 0.1) is 0 Å². The number of carbonyl (C=O) groups is 1. The van der Waals surface area contributed by atoms with Gasteiger partial charge in [-0.1, -0.05) is 11.6 Å². The topological polar surface area (TPSA) is 89.7 Å². The molecule has 1 aromatic rings. The summed E-state index contributed by atoms with van der Waals surface area (Å²) in [6, 6.07) is 2.59. The highest BCUT2D eigenvalue weighted by Gasteiger charge is 2.33. The zero-order valence-corrected chi connectivity index (χ0v) is 13.4. The molecular weight excluding hydrogens is 316 g/mol. The Bertz CT molecular complexity index is 675. The first-order valence-electron chi connectivity index (χ1n) is 6.36. The quantitative estimate of drug-likeness (QED) is 0.840. The summed E-state index contributed by atoms with van der Waals surface area (Å²) >= 11 is 5.95. The van der Waals surface area contributed by atoms with Crippen LogP contribution in [0.3, 0.4) is 0 Å². The summed E-state index contributed by atoms with van der Waals surface area (Å²) in [5.41, 5.74) is 6.27. The minimum Gasteiger partial charge on any atom is -0.496 e. The van der Waals surface area contributed by atoms with Crippen molar-refractivity contribution < 1.29 is 17.9 Å². The van der Waals surface area contributed by atoms with Gasteiger partial charge >= 0.3 is 0 Å². The van der Waals surface area contributed by atoms with E-state index in [1.165, 1.54) is 24.1 Å². The highest BCUT2D eigenvalue weighted by Crippen LogP contribution is 2.30. The highest BCUT2D eigenvalue weighted by molar-refractivity contribution is 7.91. The number of halogens is 1. The van der Waals surface area contributed by atoms with Gasteiger partial charge in [-0.15, -0.1) is 0 Å². The number of anilines is 1. The van der Waals surface area contributed by atoms with Crippen LogP contribution < -0.4 is 10.5 Å². The minimum atomic E-state index is -3.06. The molecule has 1 fully saturated rings. The van der Waals surface area contributed by atoms with Crippen molar-refractivity contribution in [3.8, 4) is 5.75 Å². The van der Waals surface area contributed by atoms with Crippen molar-refractivity contribution in [3.05, 3.63) is 22.7 Å². The van der Waals surface area contributed by atoms with Gasteiger partial charge in [-0.05, 0) is 12.5 Å². The van der Waals surface area contributed by atoms with Crippen molar-refractivity contribution >= 4 is 33.0 Å². The summed E-state index contributed by atoms with van der Waals surface area (Å²) < 4.78 is 28.2. The maximum absolute atomic E-state index is 12.5. The molecule has 1 saturated heterocycles. The number of ether oxygens (including phenoxy) is 1. The maximum Gasteiger partial charge on any atom is 0.257 e. The van der Waals surface area contributed by atoms with Crippen LogP contribution in [0.15, 0.2) is 12.1 Å². The number of sulfone groups is 1. The van der Waals surface area contributed by atoms with Crippen molar-refractivity contribution in [3.63, 3.8) is 0 Å². The molecule has 21 heavy (non-hydrogen) atoms. The predicted octanol–water partition coefficient (Wildman–Crippen LogP) is 1.19. The van der Waals surface area contributed by atoms with E-state index < -0.39 is 9.84 Å². The number of hydrogen-bond donors (Lipinski definition) is 1. The van der Waals surface area contributed by atoms with Crippen LogP contribution in [0.2, 0.25) is 5.02 Å². The van der Waals surface area contributed by atoms with Crippen molar-refractivity contribution in [1.29, 1.82) is 0 Å². The van der Waals surface area contributed by atoms with Crippen LogP contribution in [0.25, 0.3) is 0 Å². The van der Waals surface area contributed by atoms with Crippen LogP contribution in [-0.2, 0) is 9.84 Å². The van der Waals surface area contributed by atoms with Crippen molar-refractivity contribution in [2.24, 2.45) is 0 Å². The number of methoxy groups -OCH3 is 1. The van der Waals surface area contributed by atoms with Gasteiger partial charge < -0.3 is 15.4 Å². The van der Waals surface area contributed by atoms with Gasteiger partial charge in [0.2, 0.25) is 0 Å². The molecule has 1 aliphatic heterocycles. The monoisotopic (exact) mass is 332 g/mol. The summed E-state index contributed by atoms with van der Waals surface area (Å²) in [4.78, 5) is 14.0. The third kappa shape index (κ3) is 3.24. The standard InChI is InChI=1S/C13H17ClN2O4S/c1-16(8-3-4-21(18,19)7-8)13(17)9-5-10(14)11(15)6-12(9)20-2/h5-6,8H,3-4,7,15H2,1-2H3. The Hall–Kier alpha value is -1.47. The fourth-order valence-corrected chi connectivity index (χ4v) is 4.28. The number of benzene rings is 1. The normalized spacial score (nSPS) is 20.2. The Morgan fingerprint density at radius 2 is 2.14 bits per heavy atom. The molecule has 6 nitrogen and oxygen atoms in total. The molecule has 1 heterocycles. The third-order valence-corrected chi connectivity index (χ3v) is 5.70. The summed E-state index contributed by atoms with van der Waals surface area (Å²) in [6.45, 7) is 0. The lowest BCUT2D eigenvalue weighted by molar-refractivity contribution is 0.0744. The fraction of sp³-hybridized carbons (Fsp3) is 0.462. The van der Waals surface area contributed by atoms with E-state index in [-0.39, 0.29) is 34.0 Å². The zero-order valence-electron chi connectivity index (χ0n) is 11.8. The fourth-order valence-electron chi connectivity index (χ4n) is 2.34. The maximum atomic E-state index is 12.5. The number of nitrogens with zero attached hydrogens (tertiary/aromatic N) is 1. The first-order valence-corrected chi connectivity index (χ1v) is 8.55. The van der Waals surface area contributed by atoms with Gasteiger partial charge in [-0.25, -0.2) is 8.42 Å². The zero-order chi connectivity index (χ0) is 15.8. The van der Waals surface area contributed by atoms with Crippen molar-refractivity contribution in [2.75, 3.05) is 31.4 Å². The molecule has 1 unspecified atom stereocenters. The lowest BCUT2D eigenvalue weighted by Crippen LogP contribution is -2.38. The lowest BCUT2D eigenvalue weighted by Gasteiger charge is -2.24. The van der Waals surface area contributed by atoms with Gasteiger partial charge in [0.1, 0.15) is 5.75 Å². The van der Waals surface area contributed by atoms with Crippen LogP contribution in [0.5, 0.6) is 5.75 Å². The van der Waals surface area contributed by atoms with E-state index in [2.05, 4.69) is 0 Å².